The summed E-state index contributed by atoms with van der Waals surface area (Å²) in [6.45, 7) is 1.97. The van der Waals surface area contributed by atoms with Crippen molar-refractivity contribution in [2.24, 2.45) is 0 Å². The van der Waals surface area contributed by atoms with Crippen molar-refractivity contribution in [3.63, 3.8) is 0 Å². The van der Waals surface area contributed by atoms with Crippen LogP contribution in [0.2, 0.25) is 0 Å². The fourth-order valence-electron chi connectivity index (χ4n) is 3.48. The number of alkyl halides is 1. The first-order valence-corrected chi connectivity index (χ1v) is 11.4. The van der Waals surface area contributed by atoms with Gasteiger partial charge in [-0.25, -0.2) is 9.97 Å². The quantitative estimate of drug-likeness (QED) is 0.287. The van der Waals surface area contributed by atoms with Gasteiger partial charge in [0.15, 0.2) is 11.5 Å². The summed E-state index contributed by atoms with van der Waals surface area (Å²) in [5.74, 6) is 1.90. The van der Waals surface area contributed by atoms with E-state index in [4.69, 9.17) is 21.1 Å². The topological polar surface area (TPSA) is 85.4 Å². The van der Waals surface area contributed by atoms with Crippen LogP contribution in [0, 0.1) is 6.92 Å². The van der Waals surface area contributed by atoms with Crippen LogP contribution in [0.1, 0.15) is 21.5 Å². The summed E-state index contributed by atoms with van der Waals surface area (Å²) in [6.07, 6.45) is 1.69. The van der Waals surface area contributed by atoms with E-state index >= 15 is 0 Å². The average Bonchev–Trinajstić information content (AvgIpc) is 2.90. The SMILES string of the molecule is COc1ccc(-c2ccnc(Nc3cc(NC(=O)c4ccc(CCl)cc4)ccc3C)n2)cc1OC. The number of carbonyl (C=O) groups excluding carboxylic acids is 1. The maximum Gasteiger partial charge on any atom is 0.255 e. The van der Waals surface area contributed by atoms with Gasteiger partial charge in [0, 0.05) is 34.6 Å². The van der Waals surface area contributed by atoms with Crippen molar-refractivity contribution in [1.29, 1.82) is 0 Å². The summed E-state index contributed by atoms with van der Waals surface area (Å²) in [4.78, 5) is 21.7. The number of hydrogen-bond acceptors (Lipinski definition) is 6. The number of rotatable bonds is 8. The molecule has 0 bridgehead atoms. The zero-order valence-electron chi connectivity index (χ0n) is 19.6. The number of carbonyl (C=O) groups is 1. The van der Waals surface area contributed by atoms with Crippen LogP contribution in [0.15, 0.2) is 72.9 Å². The Morgan fingerprint density at radius 2 is 1.71 bits per heavy atom. The van der Waals surface area contributed by atoms with E-state index < -0.39 is 0 Å². The van der Waals surface area contributed by atoms with E-state index in [1.54, 1.807) is 32.5 Å². The highest BCUT2D eigenvalue weighted by Gasteiger charge is 2.11. The molecule has 1 aromatic heterocycles. The zero-order valence-corrected chi connectivity index (χ0v) is 20.4. The number of halogens is 1. The molecule has 0 unspecified atom stereocenters. The number of aryl methyl sites for hydroxylation is 1. The van der Waals surface area contributed by atoms with E-state index in [1.807, 2.05) is 61.5 Å². The molecule has 0 aliphatic carbocycles. The predicted octanol–water partition coefficient (Wildman–Crippen LogP) is 6.20. The first-order chi connectivity index (χ1) is 17.0. The van der Waals surface area contributed by atoms with Gasteiger partial charge >= 0.3 is 0 Å². The smallest absolute Gasteiger partial charge is 0.255 e. The van der Waals surface area contributed by atoms with Gasteiger partial charge in [0.25, 0.3) is 5.91 Å². The Morgan fingerprint density at radius 1 is 0.943 bits per heavy atom. The minimum absolute atomic E-state index is 0.201. The van der Waals surface area contributed by atoms with Crippen molar-refractivity contribution in [2.75, 3.05) is 24.9 Å². The van der Waals surface area contributed by atoms with Crippen LogP contribution in [0.5, 0.6) is 11.5 Å². The lowest BCUT2D eigenvalue weighted by Gasteiger charge is -2.13. The third kappa shape index (κ3) is 5.70. The number of amides is 1. The Morgan fingerprint density at radius 3 is 2.43 bits per heavy atom. The van der Waals surface area contributed by atoms with Crippen LogP contribution in [0.4, 0.5) is 17.3 Å². The van der Waals surface area contributed by atoms with Crippen LogP contribution in [-0.4, -0.2) is 30.1 Å². The number of anilines is 3. The van der Waals surface area contributed by atoms with Crippen LogP contribution >= 0.6 is 11.6 Å². The van der Waals surface area contributed by atoms with Crippen LogP contribution in [-0.2, 0) is 5.88 Å². The molecule has 0 saturated carbocycles. The first kappa shape index (κ1) is 24.0. The Balaban J connectivity index is 1.53. The lowest BCUT2D eigenvalue weighted by Crippen LogP contribution is -2.12. The highest BCUT2D eigenvalue weighted by atomic mass is 35.5. The minimum atomic E-state index is -0.201. The minimum Gasteiger partial charge on any atom is -0.493 e. The second-order valence-corrected chi connectivity index (χ2v) is 8.04. The molecule has 2 N–H and O–H groups in total. The van der Waals surface area contributed by atoms with Gasteiger partial charge in [0.2, 0.25) is 5.95 Å². The molecule has 0 aliphatic rings. The monoisotopic (exact) mass is 488 g/mol. The van der Waals surface area contributed by atoms with Crippen molar-refractivity contribution in [3.8, 4) is 22.8 Å². The van der Waals surface area contributed by atoms with Gasteiger partial charge in [-0.1, -0.05) is 18.2 Å². The van der Waals surface area contributed by atoms with Crippen molar-refractivity contribution >= 4 is 34.8 Å². The second kappa shape index (κ2) is 10.9. The molecule has 0 aliphatic heterocycles. The number of benzene rings is 3. The summed E-state index contributed by atoms with van der Waals surface area (Å²) >= 11 is 5.83. The summed E-state index contributed by atoms with van der Waals surface area (Å²) in [7, 11) is 3.19. The number of nitrogens with zero attached hydrogens (tertiary/aromatic N) is 2. The van der Waals surface area contributed by atoms with Crippen LogP contribution in [0.25, 0.3) is 11.3 Å². The third-order valence-electron chi connectivity index (χ3n) is 5.45. The molecule has 4 rings (SSSR count). The van der Waals surface area contributed by atoms with Gasteiger partial charge in [-0.15, -0.1) is 11.6 Å². The van der Waals surface area contributed by atoms with Crippen molar-refractivity contribution in [2.45, 2.75) is 12.8 Å². The van der Waals surface area contributed by atoms with Gasteiger partial charge in [-0.3, -0.25) is 4.79 Å². The molecule has 1 heterocycles. The predicted molar refractivity (Wildman–Crippen MR) is 139 cm³/mol. The Bertz CT molecular complexity index is 1340. The van der Waals surface area contributed by atoms with E-state index in [0.29, 0.717) is 34.6 Å². The Kier molecular flexibility index (Phi) is 7.48. The fraction of sp³-hybridized carbons (Fsp3) is 0.148. The second-order valence-electron chi connectivity index (χ2n) is 7.77. The molecule has 178 valence electrons. The van der Waals surface area contributed by atoms with Crippen molar-refractivity contribution < 1.29 is 14.3 Å². The number of hydrogen-bond donors (Lipinski definition) is 2. The molecule has 35 heavy (non-hydrogen) atoms. The Hall–Kier alpha value is -4.10. The molecule has 0 saturated heterocycles. The van der Waals surface area contributed by atoms with Crippen molar-refractivity contribution in [3.05, 3.63) is 89.6 Å². The molecule has 4 aromatic rings. The molecule has 0 fully saturated rings. The standard InChI is InChI=1S/C27H25ClN4O3/c1-17-4-10-21(30-26(33)19-7-5-18(16-28)6-8-19)15-23(17)32-27-29-13-12-22(31-27)20-9-11-24(34-2)25(14-20)35-3/h4-15H,16H2,1-3H3,(H,30,33)(H,29,31,32). The maximum absolute atomic E-state index is 12.7. The van der Waals surface area contributed by atoms with Gasteiger partial charge in [0.05, 0.1) is 19.9 Å². The largest absolute Gasteiger partial charge is 0.493 e. The Labute approximate surface area is 209 Å². The van der Waals surface area contributed by atoms with Gasteiger partial charge in [0.1, 0.15) is 0 Å². The summed E-state index contributed by atoms with van der Waals surface area (Å²) in [5.41, 5.74) is 5.53. The number of aromatic nitrogens is 2. The number of methoxy groups -OCH3 is 2. The van der Waals surface area contributed by atoms with E-state index in [-0.39, 0.29) is 5.91 Å². The van der Waals surface area contributed by atoms with E-state index in [1.165, 1.54) is 0 Å². The summed E-state index contributed by atoms with van der Waals surface area (Å²) in [6, 6.07) is 20.3. The summed E-state index contributed by atoms with van der Waals surface area (Å²) in [5, 5.41) is 6.19. The van der Waals surface area contributed by atoms with Crippen LogP contribution < -0.4 is 20.1 Å². The molecular formula is C27H25ClN4O3. The van der Waals surface area contributed by atoms with E-state index in [9.17, 15) is 4.79 Å². The lowest BCUT2D eigenvalue weighted by atomic mass is 10.1. The molecule has 0 radical (unpaired) electrons. The molecular weight excluding hydrogens is 464 g/mol. The summed E-state index contributed by atoms with van der Waals surface area (Å²) < 4.78 is 10.7. The first-order valence-electron chi connectivity index (χ1n) is 10.9. The van der Waals surface area contributed by atoms with Crippen molar-refractivity contribution in [1.82, 2.24) is 9.97 Å². The molecule has 1 amide bonds. The molecule has 8 heteroatoms. The zero-order chi connectivity index (χ0) is 24.8. The normalized spacial score (nSPS) is 10.5. The fourth-order valence-corrected chi connectivity index (χ4v) is 3.66. The number of nitrogens with one attached hydrogen (secondary N) is 2. The maximum atomic E-state index is 12.7. The number of ether oxygens (including phenoxy) is 2. The average molecular weight is 489 g/mol. The van der Waals surface area contributed by atoms with E-state index in [0.717, 1.165) is 28.1 Å². The van der Waals surface area contributed by atoms with Gasteiger partial charge < -0.3 is 20.1 Å². The third-order valence-corrected chi connectivity index (χ3v) is 5.76. The molecule has 0 atom stereocenters. The highest BCUT2D eigenvalue weighted by Crippen LogP contribution is 2.32. The van der Waals surface area contributed by atoms with Crippen LogP contribution in [0.3, 0.4) is 0 Å². The molecule has 0 spiro atoms. The van der Waals surface area contributed by atoms with E-state index in [2.05, 4.69) is 20.6 Å². The lowest BCUT2D eigenvalue weighted by molar-refractivity contribution is 0.102. The highest BCUT2D eigenvalue weighted by molar-refractivity contribution is 6.17. The van der Waals surface area contributed by atoms with Gasteiger partial charge in [-0.2, -0.15) is 0 Å². The molecule has 7 nitrogen and oxygen atoms in total. The van der Waals surface area contributed by atoms with Gasteiger partial charge in [-0.05, 0) is 66.6 Å². The molecule has 3 aromatic carbocycles.